The third-order valence-corrected chi connectivity index (χ3v) is 8.70. The van der Waals surface area contributed by atoms with E-state index in [9.17, 15) is 4.79 Å². The van der Waals surface area contributed by atoms with E-state index < -0.39 is 5.82 Å². The molecule has 2 atom stereocenters. The summed E-state index contributed by atoms with van der Waals surface area (Å²) in [7, 11) is 4.09. The van der Waals surface area contributed by atoms with E-state index in [4.69, 9.17) is 21.6 Å². The number of aryl methyl sites for hydroxylation is 1. The summed E-state index contributed by atoms with van der Waals surface area (Å²) in [6, 6.07) is 5.66. The molecule has 0 saturated carbocycles. The molecule has 4 aromatic rings. The van der Waals surface area contributed by atoms with E-state index in [1.807, 2.05) is 51.9 Å². The van der Waals surface area contributed by atoms with Gasteiger partial charge in [0.2, 0.25) is 11.9 Å². The van der Waals surface area contributed by atoms with Crippen molar-refractivity contribution in [1.82, 2.24) is 35.2 Å². The van der Waals surface area contributed by atoms with Crippen LogP contribution in [0.15, 0.2) is 30.9 Å². The molecule has 6 rings (SSSR count). The molecule has 12 heteroatoms. The Hall–Kier alpha value is -3.83. The van der Waals surface area contributed by atoms with Gasteiger partial charge in [0.1, 0.15) is 16.9 Å². The summed E-state index contributed by atoms with van der Waals surface area (Å²) in [6.07, 6.45) is 1.34. The van der Waals surface area contributed by atoms with Crippen molar-refractivity contribution in [2.24, 2.45) is 0 Å². The number of amides is 1. The van der Waals surface area contributed by atoms with E-state index in [2.05, 4.69) is 36.7 Å². The molecular formula is C29H33ClFN9O. The molecule has 1 amide bonds. The molecule has 41 heavy (non-hydrogen) atoms. The Morgan fingerprint density at radius 3 is 2.61 bits per heavy atom. The zero-order valence-electron chi connectivity index (χ0n) is 23.8. The summed E-state index contributed by atoms with van der Waals surface area (Å²) in [4.78, 5) is 30.5. The molecule has 214 valence electrons. The van der Waals surface area contributed by atoms with Gasteiger partial charge in [-0.3, -0.25) is 9.89 Å². The summed E-state index contributed by atoms with van der Waals surface area (Å²) in [5.41, 5.74) is 3.12. The molecule has 0 spiro atoms. The number of carbonyl (C=O) groups is 1. The van der Waals surface area contributed by atoms with Crippen LogP contribution in [0.5, 0.6) is 0 Å². The Morgan fingerprint density at radius 1 is 1.15 bits per heavy atom. The van der Waals surface area contributed by atoms with Gasteiger partial charge in [0.05, 0.1) is 10.5 Å². The summed E-state index contributed by atoms with van der Waals surface area (Å²) in [5, 5.41) is 11.7. The van der Waals surface area contributed by atoms with E-state index >= 15 is 4.39 Å². The summed E-state index contributed by atoms with van der Waals surface area (Å²) < 4.78 is 16.8. The normalized spacial score (nSPS) is 19.9. The highest BCUT2D eigenvalue weighted by molar-refractivity contribution is 6.35. The van der Waals surface area contributed by atoms with E-state index in [1.54, 1.807) is 6.07 Å². The number of aromatic nitrogens is 5. The first-order valence-corrected chi connectivity index (χ1v) is 14.1. The predicted molar refractivity (Wildman–Crippen MR) is 160 cm³/mol. The van der Waals surface area contributed by atoms with Crippen LogP contribution >= 0.6 is 11.6 Å². The number of nitrogens with zero attached hydrogens (tertiary/aromatic N) is 8. The summed E-state index contributed by atoms with van der Waals surface area (Å²) in [6.45, 7) is 12.1. The SMILES string of the molecule is C=CC(=O)N1C[C@H](C)N(c2nc(N3CC(N(C)C)C3)nc3c(F)c(-c4c(C)ccc5nn[nH]c45)c(Cl)cc23)C[C@H]1C. The zero-order valence-corrected chi connectivity index (χ0v) is 24.6. The van der Waals surface area contributed by atoms with Crippen molar-refractivity contribution < 1.29 is 9.18 Å². The van der Waals surface area contributed by atoms with Crippen LogP contribution in [0.2, 0.25) is 5.02 Å². The molecule has 0 aliphatic carbocycles. The van der Waals surface area contributed by atoms with Gasteiger partial charge in [-0.05, 0) is 58.6 Å². The van der Waals surface area contributed by atoms with Crippen molar-refractivity contribution in [2.75, 3.05) is 50.1 Å². The van der Waals surface area contributed by atoms with Crippen LogP contribution in [0.1, 0.15) is 19.4 Å². The maximum Gasteiger partial charge on any atom is 0.246 e. The average Bonchev–Trinajstić information content (AvgIpc) is 3.38. The number of benzene rings is 2. The maximum absolute atomic E-state index is 16.8. The number of hydrogen-bond donors (Lipinski definition) is 1. The molecule has 1 N–H and O–H groups in total. The molecule has 2 aliphatic rings. The fourth-order valence-corrected chi connectivity index (χ4v) is 6.18. The molecule has 2 saturated heterocycles. The van der Waals surface area contributed by atoms with E-state index in [1.165, 1.54) is 6.08 Å². The summed E-state index contributed by atoms with van der Waals surface area (Å²) >= 11 is 6.89. The highest BCUT2D eigenvalue weighted by Gasteiger charge is 2.36. The highest BCUT2D eigenvalue weighted by Crippen LogP contribution is 2.42. The minimum atomic E-state index is -0.520. The minimum absolute atomic E-state index is 0.0828. The van der Waals surface area contributed by atoms with E-state index in [0.717, 1.165) is 18.7 Å². The Morgan fingerprint density at radius 2 is 1.90 bits per heavy atom. The predicted octanol–water partition coefficient (Wildman–Crippen LogP) is 4.03. The molecule has 0 unspecified atom stereocenters. The molecule has 10 nitrogen and oxygen atoms in total. The largest absolute Gasteiger partial charge is 0.349 e. The number of aromatic amines is 1. The van der Waals surface area contributed by atoms with E-state index in [0.29, 0.717) is 52.9 Å². The van der Waals surface area contributed by atoms with Gasteiger partial charge in [-0.25, -0.2) is 9.37 Å². The van der Waals surface area contributed by atoms with Gasteiger partial charge >= 0.3 is 0 Å². The van der Waals surface area contributed by atoms with Gasteiger partial charge < -0.3 is 19.6 Å². The van der Waals surface area contributed by atoms with Crippen LogP contribution in [0.25, 0.3) is 33.1 Å². The molecule has 2 aliphatic heterocycles. The fourth-order valence-electron chi connectivity index (χ4n) is 5.89. The van der Waals surface area contributed by atoms with Crippen LogP contribution in [0.3, 0.4) is 0 Å². The number of piperazine rings is 1. The zero-order chi connectivity index (χ0) is 29.2. The lowest BCUT2D eigenvalue weighted by Gasteiger charge is -2.45. The topological polar surface area (TPSA) is 97.4 Å². The Bertz CT molecular complexity index is 1680. The number of H-pyrrole nitrogens is 1. The highest BCUT2D eigenvalue weighted by atomic mass is 35.5. The smallest absolute Gasteiger partial charge is 0.246 e. The van der Waals surface area contributed by atoms with Gasteiger partial charge in [-0.2, -0.15) is 4.98 Å². The molecule has 2 aromatic carbocycles. The first kappa shape index (κ1) is 27.3. The number of rotatable bonds is 5. The van der Waals surface area contributed by atoms with Gasteiger partial charge in [0, 0.05) is 60.8 Å². The molecule has 2 fully saturated rings. The number of halogens is 2. The Balaban J connectivity index is 1.54. The molecule has 0 bridgehead atoms. The average molecular weight is 578 g/mol. The first-order chi connectivity index (χ1) is 19.6. The van der Waals surface area contributed by atoms with E-state index in [-0.39, 0.29) is 34.1 Å². The van der Waals surface area contributed by atoms with Gasteiger partial charge in [0.25, 0.3) is 0 Å². The third kappa shape index (κ3) is 4.47. The van der Waals surface area contributed by atoms with Crippen LogP contribution in [0.4, 0.5) is 16.2 Å². The molecule has 0 radical (unpaired) electrons. The standard InChI is InChI=1S/C29H33ClFN9O/c1-7-22(41)39-11-17(4)40(12-16(39)3)28-19-10-20(30)24(23-15(2)8-9-21-27(23)35-36-34-21)25(31)26(19)32-29(33-28)38-13-18(14-38)37(5)6/h7-10,16-18H,1,11-14H2,2-6H3,(H,34,35,36)/t16-,17+/m1/s1. The lowest BCUT2D eigenvalue weighted by atomic mass is 9.96. The Kier molecular flexibility index (Phi) is 6.82. The number of fused-ring (bicyclic) bond motifs is 2. The lowest BCUT2D eigenvalue weighted by Crippen LogP contribution is -2.59. The van der Waals surface area contributed by atoms with Gasteiger partial charge in [-0.1, -0.05) is 29.5 Å². The summed E-state index contributed by atoms with van der Waals surface area (Å²) in [5.74, 6) is 0.451. The monoisotopic (exact) mass is 577 g/mol. The minimum Gasteiger partial charge on any atom is -0.349 e. The first-order valence-electron chi connectivity index (χ1n) is 13.7. The van der Waals surface area contributed by atoms with Crippen molar-refractivity contribution in [3.8, 4) is 11.1 Å². The number of nitrogens with one attached hydrogen (secondary N) is 1. The molecule has 4 heterocycles. The Labute approximate surface area is 242 Å². The lowest BCUT2D eigenvalue weighted by molar-refractivity contribution is -0.128. The number of anilines is 2. The van der Waals surface area contributed by atoms with Crippen LogP contribution in [0, 0.1) is 12.7 Å². The van der Waals surface area contributed by atoms with Crippen molar-refractivity contribution in [3.63, 3.8) is 0 Å². The van der Waals surface area contributed by atoms with Crippen molar-refractivity contribution in [3.05, 3.63) is 47.3 Å². The molecule has 2 aromatic heterocycles. The maximum atomic E-state index is 16.8. The number of likely N-dealkylation sites (N-methyl/N-ethyl adjacent to an activating group) is 1. The second-order valence-corrected chi connectivity index (χ2v) is 11.7. The second kappa shape index (κ2) is 10.2. The van der Waals surface area contributed by atoms with Gasteiger partial charge in [-0.15, -0.1) is 5.10 Å². The molecular weight excluding hydrogens is 545 g/mol. The van der Waals surface area contributed by atoms with Crippen LogP contribution in [-0.2, 0) is 4.79 Å². The second-order valence-electron chi connectivity index (χ2n) is 11.3. The van der Waals surface area contributed by atoms with Gasteiger partial charge in [0.15, 0.2) is 5.82 Å². The quantitative estimate of drug-likeness (QED) is 0.355. The fraction of sp³-hybridized carbons (Fsp3) is 0.414. The van der Waals surface area contributed by atoms with Crippen LogP contribution < -0.4 is 9.80 Å². The van der Waals surface area contributed by atoms with Crippen molar-refractivity contribution in [2.45, 2.75) is 38.9 Å². The van der Waals surface area contributed by atoms with Crippen molar-refractivity contribution >= 4 is 51.2 Å². The third-order valence-electron chi connectivity index (χ3n) is 8.40. The van der Waals surface area contributed by atoms with Crippen LogP contribution in [-0.4, -0.2) is 99.5 Å². The number of carbonyl (C=O) groups excluding carboxylic acids is 1. The van der Waals surface area contributed by atoms with Crippen molar-refractivity contribution in [1.29, 1.82) is 0 Å². The number of hydrogen-bond acceptors (Lipinski definition) is 8.